The summed E-state index contributed by atoms with van der Waals surface area (Å²) in [5.74, 6) is 1.04. The molecule has 1 unspecified atom stereocenters. The second-order valence-corrected chi connectivity index (χ2v) is 7.53. The fourth-order valence-electron chi connectivity index (χ4n) is 3.27. The van der Waals surface area contributed by atoms with E-state index in [1.54, 1.807) is 31.0 Å². The summed E-state index contributed by atoms with van der Waals surface area (Å²) in [6, 6.07) is 12.4. The molecule has 2 rings (SSSR count). The van der Waals surface area contributed by atoms with Crippen molar-refractivity contribution in [3.63, 3.8) is 0 Å². The lowest BCUT2D eigenvalue weighted by atomic mass is 10.1. The summed E-state index contributed by atoms with van der Waals surface area (Å²) < 4.78 is 11.3. The third kappa shape index (κ3) is 7.17. The Morgan fingerprint density at radius 3 is 2.39 bits per heavy atom. The maximum Gasteiger partial charge on any atom is 0.242 e. The maximum atomic E-state index is 13.1. The van der Waals surface area contributed by atoms with Gasteiger partial charge in [0.1, 0.15) is 6.04 Å². The van der Waals surface area contributed by atoms with Crippen LogP contribution < -0.4 is 14.8 Å². The van der Waals surface area contributed by atoms with Crippen molar-refractivity contribution in [3.05, 3.63) is 58.6 Å². The van der Waals surface area contributed by atoms with Crippen LogP contribution in [0.2, 0.25) is 5.02 Å². The number of hydrogen-bond acceptors (Lipinski definition) is 4. The lowest BCUT2D eigenvalue weighted by Gasteiger charge is -2.28. The van der Waals surface area contributed by atoms with E-state index in [4.69, 9.17) is 21.1 Å². The Morgan fingerprint density at radius 2 is 1.74 bits per heavy atom. The molecular weight excluding hydrogens is 416 g/mol. The van der Waals surface area contributed by atoms with E-state index in [0.717, 1.165) is 11.1 Å². The van der Waals surface area contributed by atoms with Gasteiger partial charge in [0.15, 0.2) is 11.5 Å². The molecule has 0 spiro atoms. The second kappa shape index (κ2) is 12.2. The highest BCUT2D eigenvalue weighted by Gasteiger charge is 2.25. The zero-order valence-electron chi connectivity index (χ0n) is 18.6. The minimum Gasteiger partial charge on any atom is -0.490 e. The number of carbonyl (C=O) groups is 2. The van der Waals surface area contributed by atoms with Crippen LogP contribution in [0.5, 0.6) is 11.5 Å². The molecule has 1 N–H and O–H groups in total. The number of halogens is 1. The molecule has 0 aliphatic heterocycles. The Balaban J connectivity index is 2.15. The summed E-state index contributed by atoms with van der Waals surface area (Å²) in [5, 5.41) is 3.21. The van der Waals surface area contributed by atoms with Crippen LogP contribution in [-0.2, 0) is 22.6 Å². The van der Waals surface area contributed by atoms with Gasteiger partial charge in [-0.2, -0.15) is 0 Å². The summed E-state index contributed by atoms with van der Waals surface area (Å²) in [7, 11) is 1.57. The van der Waals surface area contributed by atoms with Gasteiger partial charge in [0.05, 0.1) is 13.2 Å². The molecule has 2 amide bonds. The predicted octanol–water partition coefficient (Wildman–Crippen LogP) is 4.23. The highest BCUT2D eigenvalue weighted by molar-refractivity contribution is 6.30. The quantitative estimate of drug-likeness (QED) is 0.560. The van der Waals surface area contributed by atoms with Gasteiger partial charge >= 0.3 is 0 Å². The van der Waals surface area contributed by atoms with E-state index < -0.39 is 6.04 Å². The number of hydrogen-bond donors (Lipinski definition) is 1. The molecule has 0 bridgehead atoms. The number of nitrogens with one attached hydrogen (secondary N) is 1. The van der Waals surface area contributed by atoms with Crippen molar-refractivity contribution in [2.45, 2.75) is 46.2 Å². The summed E-state index contributed by atoms with van der Waals surface area (Å²) >= 11 is 6.09. The van der Waals surface area contributed by atoms with Crippen LogP contribution in [0, 0.1) is 0 Å². The van der Waals surface area contributed by atoms with Crippen molar-refractivity contribution < 1.29 is 19.1 Å². The third-order valence-corrected chi connectivity index (χ3v) is 5.13. The van der Waals surface area contributed by atoms with E-state index in [9.17, 15) is 9.59 Å². The number of benzene rings is 2. The lowest BCUT2D eigenvalue weighted by Crippen LogP contribution is -2.46. The topological polar surface area (TPSA) is 67.9 Å². The fraction of sp³-hybridized carbons (Fsp3) is 0.417. The van der Waals surface area contributed by atoms with Gasteiger partial charge in [-0.05, 0) is 62.6 Å². The summed E-state index contributed by atoms with van der Waals surface area (Å²) in [6.07, 6.45) is 0.791. The van der Waals surface area contributed by atoms with E-state index in [1.165, 1.54) is 0 Å². The van der Waals surface area contributed by atoms with Crippen LogP contribution >= 0.6 is 11.6 Å². The van der Waals surface area contributed by atoms with Crippen LogP contribution in [0.25, 0.3) is 0 Å². The van der Waals surface area contributed by atoms with Crippen molar-refractivity contribution in [2.24, 2.45) is 0 Å². The van der Waals surface area contributed by atoms with E-state index >= 15 is 0 Å². The first-order valence-corrected chi connectivity index (χ1v) is 10.9. The van der Waals surface area contributed by atoms with Gasteiger partial charge in [0.2, 0.25) is 11.8 Å². The number of likely N-dealkylation sites (N-methyl/N-ethyl adjacent to an activating group) is 1. The first kappa shape index (κ1) is 24.5. The smallest absolute Gasteiger partial charge is 0.242 e. The number of nitrogens with zero attached hydrogens (tertiary/aromatic N) is 1. The highest BCUT2D eigenvalue weighted by atomic mass is 35.5. The van der Waals surface area contributed by atoms with Crippen LogP contribution in [-0.4, -0.2) is 43.0 Å². The van der Waals surface area contributed by atoms with Gasteiger partial charge in [-0.3, -0.25) is 9.59 Å². The van der Waals surface area contributed by atoms with Gasteiger partial charge in [0, 0.05) is 25.0 Å². The number of ether oxygens (including phenoxy) is 2. The van der Waals surface area contributed by atoms with Crippen LogP contribution in [0.3, 0.4) is 0 Å². The van der Waals surface area contributed by atoms with Crippen LogP contribution in [0.1, 0.15) is 38.3 Å². The molecule has 7 heteroatoms. The molecule has 2 aromatic carbocycles. The molecule has 168 valence electrons. The Hall–Kier alpha value is -2.73. The van der Waals surface area contributed by atoms with Crippen molar-refractivity contribution in [1.29, 1.82) is 0 Å². The molecule has 0 fully saturated rings. The van der Waals surface area contributed by atoms with Gasteiger partial charge < -0.3 is 19.7 Å². The molecule has 0 aliphatic rings. The van der Waals surface area contributed by atoms with E-state index in [-0.39, 0.29) is 18.2 Å². The van der Waals surface area contributed by atoms with Crippen molar-refractivity contribution in [2.75, 3.05) is 20.3 Å². The fourth-order valence-corrected chi connectivity index (χ4v) is 3.48. The van der Waals surface area contributed by atoms with Gasteiger partial charge in [0.25, 0.3) is 0 Å². The minimum absolute atomic E-state index is 0.108. The Bertz CT molecular complexity index is 888. The molecule has 0 heterocycles. The zero-order chi connectivity index (χ0) is 22.8. The molecule has 0 aromatic heterocycles. The highest BCUT2D eigenvalue weighted by Crippen LogP contribution is 2.29. The summed E-state index contributed by atoms with van der Waals surface area (Å²) in [5.41, 5.74) is 1.84. The monoisotopic (exact) mass is 446 g/mol. The summed E-state index contributed by atoms with van der Waals surface area (Å²) in [4.78, 5) is 26.9. The van der Waals surface area contributed by atoms with Gasteiger partial charge in [-0.15, -0.1) is 0 Å². The van der Waals surface area contributed by atoms with E-state index in [2.05, 4.69) is 5.32 Å². The molecule has 0 saturated heterocycles. The molecule has 0 aliphatic carbocycles. The van der Waals surface area contributed by atoms with Crippen molar-refractivity contribution in [1.82, 2.24) is 10.2 Å². The summed E-state index contributed by atoms with van der Waals surface area (Å²) in [6.45, 7) is 6.95. The molecule has 6 nitrogen and oxygen atoms in total. The molecule has 31 heavy (non-hydrogen) atoms. The number of rotatable bonds is 11. The number of carbonyl (C=O) groups excluding carboxylic acids is 2. The number of aryl methyl sites for hydroxylation is 1. The van der Waals surface area contributed by atoms with Crippen LogP contribution in [0.4, 0.5) is 0 Å². The standard InChI is InChI=1S/C24H31ClN2O4/c1-5-30-21-12-10-18(15-22(21)31-6-2)11-13-23(28)27(17(3)24(29)26-4)16-19-8-7-9-20(25)14-19/h7-10,12,14-15,17H,5-6,11,13,16H2,1-4H3,(H,26,29). The normalized spacial score (nSPS) is 11.5. The Labute approximate surface area is 189 Å². The molecule has 0 radical (unpaired) electrons. The van der Waals surface area contributed by atoms with Crippen molar-refractivity contribution in [3.8, 4) is 11.5 Å². The molecule has 2 aromatic rings. The molecule has 0 saturated carbocycles. The van der Waals surface area contributed by atoms with Gasteiger partial charge in [-0.1, -0.05) is 29.8 Å². The third-order valence-electron chi connectivity index (χ3n) is 4.89. The van der Waals surface area contributed by atoms with Crippen LogP contribution in [0.15, 0.2) is 42.5 Å². The minimum atomic E-state index is -0.601. The second-order valence-electron chi connectivity index (χ2n) is 7.09. The lowest BCUT2D eigenvalue weighted by molar-refractivity contribution is -0.140. The SMILES string of the molecule is CCOc1ccc(CCC(=O)N(Cc2cccc(Cl)c2)C(C)C(=O)NC)cc1OCC. The van der Waals surface area contributed by atoms with E-state index in [1.807, 2.05) is 44.2 Å². The largest absolute Gasteiger partial charge is 0.490 e. The Morgan fingerprint density at radius 1 is 1.03 bits per heavy atom. The Kier molecular flexibility index (Phi) is 9.66. The van der Waals surface area contributed by atoms with E-state index in [0.29, 0.717) is 42.7 Å². The first-order chi connectivity index (χ1) is 14.9. The molecule has 1 atom stereocenters. The zero-order valence-corrected chi connectivity index (χ0v) is 19.4. The maximum absolute atomic E-state index is 13.1. The van der Waals surface area contributed by atoms with Crippen molar-refractivity contribution >= 4 is 23.4 Å². The number of amides is 2. The predicted molar refractivity (Wildman–Crippen MR) is 123 cm³/mol. The average Bonchev–Trinajstić information content (AvgIpc) is 2.76. The first-order valence-electron chi connectivity index (χ1n) is 10.5. The average molecular weight is 447 g/mol. The molecular formula is C24H31ClN2O4. The van der Waals surface area contributed by atoms with Gasteiger partial charge in [-0.25, -0.2) is 0 Å².